The maximum Gasteiger partial charge on any atom is 0.294 e. The van der Waals surface area contributed by atoms with Gasteiger partial charge >= 0.3 is 0 Å². The largest absolute Gasteiger partial charge is 0.326 e. The molecule has 130 valence electrons. The van der Waals surface area contributed by atoms with Crippen LogP contribution in [0.1, 0.15) is 64.7 Å². The topological polar surface area (TPSA) is 83.5 Å². The van der Waals surface area contributed by atoms with Gasteiger partial charge < -0.3 is 5.32 Å². The van der Waals surface area contributed by atoms with Gasteiger partial charge in [0, 0.05) is 12.1 Å². The van der Waals surface area contributed by atoms with Gasteiger partial charge in [-0.3, -0.25) is 9.35 Å². The minimum atomic E-state index is -4.19. The first-order valence-corrected chi connectivity index (χ1v) is 9.75. The molecule has 0 fully saturated rings. The van der Waals surface area contributed by atoms with E-state index in [-0.39, 0.29) is 10.8 Å². The Bertz CT molecular complexity index is 567. The van der Waals surface area contributed by atoms with Gasteiger partial charge in [-0.1, -0.05) is 51.9 Å². The van der Waals surface area contributed by atoms with E-state index in [4.69, 9.17) is 4.55 Å². The summed E-state index contributed by atoms with van der Waals surface area (Å²) in [6.07, 6.45) is 9.93. The lowest BCUT2D eigenvalue weighted by Gasteiger charge is -2.06. The van der Waals surface area contributed by atoms with Crippen LogP contribution in [-0.4, -0.2) is 18.9 Å². The minimum Gasteiger partial charge on any atom is -0.326 e. The molecular formula is C17H27NO4S. The summed E-state index contributed by atoms with van der Waals surface area (Å²) < 4.78 is 30.7. The lowest BCUT2D eigenvalue weighted by atomic mass is 10.1. The molecule has 1 aromatic rings. The maximum atomic E-state index is 11.8. The summed E-state index contributed by atoms with van der Waals surface area (Å²) in [5, 5.41) is 2.72. The average Bonchev–Trinajstić information content (AvgIpc) is 2.49. The second-order valence-corrected chi connectivity index (χ2v) is 7.19. The van der Waals surface area contributed by atoms with Gasteiger partial charge in [0.25, 0.3) is 10.1 Å². The van der Waals surface area contributed by atoms with E-state index in [0.29, 0.717) is 12.1 Å². The molecule has 0 bridgehead atoms. The summed E-state index contributed by atoms with van der Waals surface area (Å²) in [4.78, 5) is 11.6. The molecule has 23 heavy (non-hydrogen) atoms. The SMILES string of the molecule is CCCCCCCCCCC(=O)Nc1ccc(S(=O)(=O)O)cc1. The number of carbonyl (C=O) groups is 1. The predicted octanol–water partition coefficient (Wildman–Crippen LogP) is 4.40. The Morgan fingerprint density at radius 3 is 2.00 bits per heavy atom. The van der Waals surface area contributed by atoms with E-state index < -0.39 is 10.1 Å². The fourth-order valence-electron chi connectivity index (χ4n) is 2.35. The third-order valence-corrected chi connectivity index (χ3v) is 4.56. The molecule has 0 saturated heterocycles. The zero-order valence-corrected chi connectivity index (χ0v) is 14.6. The van der Waals surface area contributed by atoms with Crippen LogP contribution in [0, 0.1) is 0 Å². The molecular weight excluding hydrogens is 314 g/mol. The van der Waals surface area contributed by atoms with Crippen molar-refractivity contribution in [2.75, 3.05) is 5.32 Å². The van der Waals surface area contributed by atoms with Crippen molar-refractivity contribution in [3.63, 3.8) is 0 Å². The van der Waals surface area contributed by atoms with Gasteiger partial charge in [-0.25, -0.2) is 0 Å². The van der Waals surface area contributed by atoms with Crippen LogP contribution in [0.3, 0.4) is 0 Å². The monoisotopic (exact) mass is 341 g/mol. The Hall–Kier alpha value is -1.40. The molecule has 0 spiro atoms. The Kier molecular flexibility index (Phi) is 8.87. The van der Waals surface area contributed by atoms with Crippen LogP contribution in [0.5, 0.6) is 0 Å². The molecule has 0 aliphatic rings. The molecule has 1 rings (SSSR count). The van der Waals surface area contributed by atoms with Crippen LogP contribution in [-0.2, 0) is 14.9 Å². The molecule has 0 atom stereocenters. The number of rotatable bonds is 11. The maximum absolute atomic E-state index is 11.8. The molecule has 0 unspecified atom stereocenters. The minimum absolute atomic E-state index is 0.0735. The van der Waals surface area contributed by atoms with E-state index in [1.54, 1.807) is 0 Å². The summed E-state index contributed by atoms with van der Waals surface area (Å²) in [5.74, 6) is -0.0735. The molecule has 0 aliphatic heterocycles. The number of anilines is 1. The lowest BCUT2D eigenvalue weighted by Crippen LogP contribution is -2.11. The van der Waals surface area contributed by atoms with Gasteiger partial charge in [0.2, 0.25) is 5.91 Å². The van der Waals surface area contributed by atoms with Crippen molar-refractivity contribution < 1.29 is 17.8 Å². The van der Waals surface area contributed by atoms with Crippen molar-refractivity contribution in [3.8, 4) is 0 Å². The van der Waals surface area contributed by atoms with E-state index in [2.05, 4.69) is 12.2 Å². The molecule has 0 heterocycles. The fourth-order valence-corrected chi connectivity index (χ4v) is 2.83. The third kappa shape index (κ3) is 8.71. The highest BCUT2D eigenvalue weighted by molar-refractivity contribution is 7.85. The number of amides is 1. The van der Waals surface area contributed by atoms with Crippen molar-refractivity contribution >= 4 is 21.7 Å². The molecule has 0 radical (unpaired) electrons. The van der Waals surface area contributed by atoms with E-state index >= 15 is 0 Å². The quantitative estimate of drug-likeness (QED) is 0.461. The van der Waals surface area contributed by atoms with Gasteiger partial charge in [-0.2, -0.15) is 8.42 Å². The number of unbranched alkanes of at least 4 members (excludes halogenated alkanes) is 7. The summed E-state index contributed by atoms with van der Waals surface area (Å²) >= 11 is 0. The summed E-state index contributed by atoms with van der Waals surface area (Å²) in [7, 11) is -4.19. The first kappa shape index (κ1) is 19.6. The van der Waals surface area contributed by atoms with Gasteiger partial charge in [-0.15, -0.1) is 0 Å². The van der Waals surface area contributed by atoms with Crippen LogP contribution >= 0.6 is 0 Å². The van der Waals surface area contributed by atoms with Crippen molar-refractivity contribution in [2.45, 2.75) is 69.6 Å². The number of benzene rings is 1. The lowest BCUT2D eigenvalue weighted by molar-refractivity contribution is -0.116. The standard InChI is InChI=1S/C17H27NO4S/c1-2-3-4-5-6-7-8-9-10-17(19)18-15-11-13-16(14-12-15)23(20,21)22/h11-14H,2-10H2,1H3,(H,18,19)(H,20,21,22). The van der Waals surface area contributed by atoms with Crippen molar-refractivity contribution in [1.82, 2.24) is 0 Å². The van der Waals surface area contributed by atoms with E-state index in [1.807, 2.05) is 0 Å². The van der Waals surface area contributed by atoms with Gasteiger partial charge in [0.1, 0.15) is 0 Å². The number of hydrogen-bond acceptors (Lipinski definition) is 3. The second kappa shape index (κ2) is 10.4. The van der Waals surface area contributed by atoms with Crippen LogP contribution in [0.25, 0.3) is 0 Å². The zero-order chi connectivity index (χ0) is 17.1. The summed E-state index contributed by atoms with van der Waals surface area (Å²) in [6.45, 7) is 2.20. The molecule has 0 saturated carbocycles. The highest BCUT2D eigenvalue weighted by Crippen LogP contribution is 2.15. The van der Waals surface area contributed by atoms with Gasteiger partial charge in [0.05, 0.1) is 4.90 Å². The van der Waals surface area contributed by atoms with E-state index in [9.17, 15) is 13.2 Å². The fraction of sp³-hybridized carbons (Fsp3) is 0.588. The van der Waals surface area contributed by atoms with Crippen LogP contribution < -0.4 is 5.32 Å². The average molecular weight is 341 g/mol. The van der Waals surface area contributed by atoms with Gasteiger partial charge in [0.15, 0.2) is 0 Å². The zero-order valence-electron chi connectivity index (χ0n) is 13.8. The Balaban J connectivity index is 2.19. The molecule has 5 nitrogen and oxygen atoms in total. The van der Waals surface area contributed by atoms with E-state index in [1.165, 1.54) is 62.8 Å². The Morgan fingerprint density at radius 2 is 1.48 bits per heavy atom. The molecule has 0 aromatic heterocycles. The summed E-state index contributed by atoms with van der Waals surface area (Å²) in [5.41, 5.74) is 0.530. The predicted molar refractivity (Wildman–Crippen MR) is 92.1 cm³/mol. The number of hydrogen-bond donors (Lipinski definition) is 2. The van der Waals surface area contributed by atoms with Crippen molar-refractivity contribution in [2.24, 2.45) is 0 Å². The number of carbonyl (C=O) groups excluding carboxylic acids is 1. The number of nitrogens with one attached hydrogen (secondary N) is 1. The molecule has 6 heteroatoms. The van der Waals surface area contributed by atoms with Crippen LogP contribution in [0.15, 0.2) is 29.2 Å². The second-order valence-electron chi connectivity index (χ2n) is 5.77. The highest BCUT2D eigenvalue weighted by atomic mass is 32.2. The highest BCUT2D eigenvalue weighted by Gasteiger charge is 2.09. The van der Waals surface area contributed by atoms with Crippen LogP contribution in [0.2, 0.25) is 0 Å². The summed E-state index contributed by atoms with van der Waals surface area (Å²) in [6, 6.07) is 5.46. The Morgan fingerprint density at radius 1 is 0.957 bits per heavy atom. The molecule has 2 N–H and O–H groups in total. The first-order chi connectivity index (χ1) is 10.9. The van der Waals surface area contributed by atoms with E-state index in [0.717, 1.165) is 12.8 Å². The first-order valence-electron chi connectivity index (χ1n) is 8.31. The molecule has 1 aromatic carbocycles. The van der Waals surface area contributed by atoms with Crippen molar-refractivity contribution in [1.29, 1.82) is 0 Å². The Labute approximate surface area is 139 Å². The third-order valence-electron chi connectivity index (χ3n) is 3.69. The van der Waals surface area contributed by atoms with Crippen LogP contribution in [0.4, 0.5) is 5.69 Å². The van der Waals surface area contributed by atoms with Gasteiger partial charge in [-0.05, 0) is 30.7 Å². The van der Waals surface area contributed by atoms with Crippen molar-refractivity contribution in [3.05, 3.63) is 24.3 Å². The smallest absolute Gasteiger partial charge is 0.294 e. The molecule has 0 aliphatic carbocycles. The normalized spacial score (nSPS) is 11.4. The molecule has 1 amide bonds.